The van der Waals surface area contributed by atoms with Crippen molar-refractivity contribution in [3.8, 4) is 0 Å². The number of anilines is 1. The zero-order valence-corrected chi connectivity index (χ0v) is 10.8. The molecule has 0 saturated heterocycles. The Morgan fingerprint density at radius 1 is 1.53 bits per heavy atom. The Labute approximate surface area is 99.6 Å². The van der Waals surface area contributed by atoms with E-state index in [-0.39, 0.29) is 0 Å². The molecule has 0 amide bonds. The zero-order chi connectivity index (χ0) is 11.3. The van der Waals surface area contributed by atoms with Gasteiger partial charge in [-0.05, 0) is 54.4 Å². The average molecular weight is 272 g/mol. The largest absolute Gasteiger partial charge is 0.367 e. The normalized spacial score (nSPS) is 12.5. The van der Waals surface area contributed by atoms with Gasteiger partial charge in [0.05, 0.1) is 5.69 Å². The summed E-state index contributed by atoms with van der Waals surface area (Å²) in [5.74, 6) is 0.927. The summed E-state index contributed by atoms with van der Waals surface area (Å²) in [6, 6.07) is 4.42. The standard InChI is InChI=1S/C11H18BrN3/c1-3-9(6-7-13)15-11-5-4-10(12)8(2)14-11/h4-5,9H,3,6-7,13H2,1-2H3,(H,14,15). The first kappa shape index (κ1) is 12.5. The number of hydrogen-bond donors (Lipinski definition) is 2. The number of hydrogen-bond acceptors (Lipinski definition) is 3. The van der Waals surface area contributed by atoms with Crippen molar-refractivity contribution in [3.05, 3.63) is 22.3 Å². The number of rotatable bonds is 5. The van der Waals surface area contributed by atoms with Crippen molar-refractivity contribution in [1.29, 1.82) is 0 Å². The molecule has 3 nitrogen and oxygen atoms in total. The van der Waals surface area contributed by atoms with Crippen molar-refractivity contribution >= 4 is 21.7 Å². The molecule has 1 unspecified atom stereocenters. The topological polar surface area (TPSA) is 50.9 Å². The Morgan fingerprint density at radius 3 is 2.80 bits per heavy atom. The fourth-order valence-corrected chi connectivity index (χ4v) is 1.63. The fraction of sp³-hybridized carbons (Fsp3) is 0.545. The van der Waals surface area contributed by atoms with Crippen molar-refractivity contribution < 1.29 is 0 Å². The molecule has 0 aromatic carbocycles. The van der Waals surface area contributed by atoms with Crippen molar-refractivity contribution in [2.75, 3.05) is 11.9 Å². The monoisotopic (exact) mass is 271 g/mol. The van der Waals surface area contributed by atoms with Gasteiger partial charge in [-0.15, -0.1) is 0 Å². The minimum atomic E-state index is 0.420. The van der Waals surface area contributed by atoms with E-state index in [1.54, 1.807) is 0 Å². The molecule has 0 spiro atoms. The number of nitrogens with zero attached hydrogens (tertiary/aromatic N) is 1. The fourth-order valence-electron chi connectivity index (χ4n) is 1.41. The summed E-state index contributed by atoms with van der Waals surface area (Å²) in [5, 5.41) is 3.39. The molecule has 1 aromatic rings. The molecular formula is C11H18BrN3. The summed E-state index contributed by atoms with van der Waals surface area (Å²) >= 11 is 3.43. The van der Waals surface area contributed by atoms with Crippen LogP contribution in [0.5, 0.6) is 0 Å². The van der Waals surface area contributed by atoms with Gasteiger partial charge in [-0.3, -0.25) is 0 Å². The van der Waals surface area contributed by atoms with Gasteiger partial charge in [0.1, 0.15) is 5.82 Å². The van der Waals surface area contributed by atoms with Crippen LogP contribution < -0.4 is 11.1 Å². The summed E-state index contributed by atoms with van der Waals surface area (Å²) in [4.78, 5) is 4.44. The van der Waals surface area contributed by atoms with Crippen LogP contribution in [0.15, 0.2) is 16.6 Å². The van der Waals surface area contributed by atoms with Gasteiger partial charge in [0, 0.05) is 10.5 Å². The molecule has 84 valence electrons. The van der Waals surface area contributed by atoms with Crippen molar-refractivity contribution in [2.45, 2.75) is 32.7 Å². The summed E-state index contributed by atoms with van der Waals surface area (Å²) in [7, 11) is 0. The Bertz CT molecular complexity index is 315. The van der Waals surface area contributed by atoms with E-state index < -0.39 is 0 Å². The van der Waals surface area contributed by atoms with Crippen LogP contribution in [0.4, 0.5) is 5.82 Å². The first-order chi connectivity index (χ1) is 7.17. The predicted octanol–water partition coefficient (Wildman–Crippen LogP) is 2.69. The van der Waals surface area contributed by atoms with Crippen LogP contribution in [0.25, 0.3) is 0 Å². The highest BCUT2D eigenvalue weighted by molar-refractivity contribution is 9.10. The van der Waals surface area contributed by atoms with E-state index >= 15 is 0 Å². The Morgan fingerprint density at radius 2 is 2.27 bits per heavy atom. The lowest BCUT2D eigenvalue weighted by molar-refractivity contribution is 0.639. The molecule has 0 radical (unpaired) electrons. The number of aryl methyl sites for hydroxylation is 1. The molecule has 0 fully saturated rings. The SMILES string of the molecule is CCC(CCN)Nc1ccc(Br)c(C)n1. The van der Waals surface area contributed by atoms with Gasteiger partial charge in [0.2, 0.25) is 0 Å². The van der Waals surface area contributed by atoms with Crippen molar-refractivity contribution in [2.24, 2.45) is 5.73 Å². The van der Waals surface area contributed by atoms with Crippen LogP contribution in [0.3, 0.4) is 0 Å². The second-order valence-corrected chi connectivity index (χ2v) is 4.44. The van der Waals surface area contributed by atoms with Gasteiger partial charge in [0.15, 0.2) is 0 Å². The predicted molar refractivity (Wildman–Crippen MR) is 68.0 cm³/mol. The molecule has 0 bridgehead atoms. The highest BCUT2D eigenvalue weighted by Crippen LogP contribution is 2.17. The lowest BCUT2D eigenvalue weighted by Crippen LogP contribution is -2.22. The molecule has 1 aromatic heterocycles. The zero-order valence-electron chi connectivity index (χ0n) is 9.26. The first-order valence-corrected chi connectivity index (χ1v) is 6.06. The van der Waals surface area contributed by atoms with Gasteiger partial charge in [-0.2, -0.15) is 0 Å². The van der Waals surface area contributed by atoms with Crippen LogP contribution in [0.2, 0.25) is 0 Å². The Kier molecular flexibility index (Phi) is 5.05. The maximum atomic E-state index is 5.54. The smallest absolute Gasteiger partial charge is 0.126 e. The second kappa shape index (κ2) is 6.08. The average Bonchev–Trinajstić information content (AvgIpc) is 2.23. The first-order valence-electron chi connectivity index (χ1n) is 5.27. The van der Waals surface area contributed by atoms with Crippen LogP contribution in [0, 0.1) is 6.92 Å². The molecule has 15 heavy (non-hydrogen) atoms. The van der Waals surface area contributed by atoms with Crippen LogP contribution in [0.1, 0.15) is 25.5 Å². The number of pyridine rings is 1. The van der Waals surface area contributed by atoms with Crippen LogP contribution in [-0.4, -0.2) is 17.6 Å². The quantitative estimate of drug-likeness (QED) is 0.866. The maximum Gasteiger partial charge on any atom is 0.126 e. The minimum Gasteiger partial charge on any atom is -0.367 e. The lowest BCUT2D eigenvalue weighted by Gasteiger charge is -2.17. The molecule has 0 saturated carbocycles. The Hall–Kier alpha value is -0.610. The highest BCUT2D eigenvalue weighted by Gasteiger charge is 2.06. The lowest BCUT2D eigenvalue weighted by atomic mass is 10.1. The van der Waals surface area contributed by atoms with E-state index in [1.807, 2.05) is 19.1 Å². The molecule has 1 heterocycles. The van der Waals surface area contributed by atoms with Gasteiger partial charge in [0.25, 0.3) is 0 Å². The van der Waals surface area contributed by atoms with E-state index in [2.05, 4.69) is 33.2 Å². The number of nitrogens with two attached hydrogens (primary N) is 1. The van der Waals surface area contributed by atoms with Crippen LogP contribution in [-0.2, 0) is 0 Å². The summed E-state index contributed by atoms with van der Waals surface area (Å²) < 4.78 is 1.04. The van der Waals surface area contributed by atoms with Crippen molar-refractivity contribution in [3.63, 3.8) is 0 Å². The van der Waals surface area contributed by atoms with E-state index in [4.69, 9.17) is 5.73 Å². The molecule has 3 N–H and O–H groups in total. The highest BCUT2D eigenvalue weighted by atomic mass is 79.9. The molecule has 0 aliphatic carbocycles. The van der Waals surface area contributed by atoms with Crippen LogP contribution >= 0.6 is 15.9 Å². The number of halogens is 1. The molecular weight excluding hydrogens is 254 g/mol. The molecule has 0 aliphatic rings. The Balaban J connectivity index is 2.66. The summed E-state index contributed by atoms with van der Waals surface area (Å²) in [6.07, 6.45) is 2.04. The van der Waals surface area contributed by atoms with E-state index in [1.165, 1.54) is 0 Å². The summed E-state index contributed by atoms with van der Waals surface area (Å²) in [5.41, 5.74) is 6.55. The summed E-state index contributed by atoms with van der Waals surface area (Å²) in [6.45, 7) is 4.85. The molecule has 0 aliphatic heterocycles. The van der Waals surface area contributed by atoms with E-state index in [0.717, 1.165) is 28.8 Å². The minimum absolute atomic E-state index is 0.420. The third-order valence-corrected chi connectivity index (χ3v) is 3.22. The second-order valence-electron chi connectivity index (χ2n) is 3.59. The molecule has 4 heteroatoms. The van der Waals surface area contributed by atoms with Gasteiger partial charge in [-0.25, -0.2) is 4.98 Å². The van der Waals surface area contributed by atoms with Gasteiger partial charge >= 0.3 is 0 Å². The molecule has 1 rings (SSSR count). The number of aromatic nitrogens is 1. The van der Waals surface area contributed by atoms with E-state index in [0.29, 0.717) is 12.6 Å². The van der Waals surface area contributed by atoms with Crippen molar-refractivity contribution in [1.82, 2.24) is 4.98 Å². The number of nitrogens with one attached hydrogen (secondary N) is 1. The molecule has 1 atom stereocenters. The van der Waals surface area contributed by atoms with Gasteiger partial charge < -0.3 is 11.1 Å². The maximum absolute atomic E-state index is 5.54. The third kappa shape index (κ3) is 3.80. The van der Waals surface area contributed by atoms with E-state index in [9.17, 15) is 0 Å². The third-order valence-electron chi connectivity index (χ3n) is 2.38. The van der Waals surface area contributed by atoms with Gasteiger partial charge in [-0.1, -0.05) is 6.92 Å².